The van der Waals surface area contributed by atoms with Gasteiger partial charge in [-0.05, 0) is 43.4 Å². The minimum atomic E-state index is -0.218. The Labute approximate surface area is 159 Å². The molecule has 0 radical (unpaired) electrons. The molecule has 5 nitrogen and oxygen atoms in total. The van der Waals surface area contributed by atoms with E-state index < -0.39 is 0 Å². The summed E-state index contributed by atoms with van der Waals surface area (Å²) in [5.74, 6) is 0. The zero-order valence-electron chi connectivity index (χ0n) is 15.3. The average molecular weight is 372 g/mol. The number of thiocarbonyl (C=S) groups is 1. The van der Waals surface area contributed by atoms with Crippen molar-refractivity contribution in [3.8, 4) is 0 Å². The summed E-state index contributed by atoms with van der Waals surface area (Å²) in [6.07, 6.45) is 1.55. The van der Waals surface area contributed by atoms with Crippen LogP contribution in [0.5, 0.6) is 0 Å². The number of carbonyl (C=O) groups excluding carboxylic acids is 1. The maximum atomic E-state index is 11.8. The van der Waals surface area contributed by atoms with Gasteiger partial charge in [-0.2, -0.15) is 0 Å². The molecule has 1 aliphatic rings. The largest absolute Gasteiger partial charge is 0.450 e. The molecule has 1 fully saturated rings. The first-order chi connectivity index (χ1) is 12.6. The Morgan fingerprint density at radius 1 is 1.23 bits per heavy atom. The molecule has 0 saturated carbocycles. The van der Waals surface area contributed by atoms with Crippen molar-refractivity contribution in [3.05, 3.63) is 42.5 Å². The smallest absolute Gasteiger partial charge is 0.409 e. The Morgan fingerprint density at radius 2 is 1.92 bits per heavy atom. The van der Waals surface area contributed by atoms with Crippen LogP contribution in [-0.2, 0) is 4.74 Å². The van der Waals surface area contributed by atoms with Gasteiger partial charge in [-0.1, -0.05) is 36.4 Å². The van der Waals surface area contributed by atoms with E-state index in [9.17, 15) is 4.79 Å². The van der Waals surface area contributed by atoms with E-state index >= 15 is 0 Å². The van der Waals surface area contributed by atoms with Crippen molar-refractivity contribution in [1.82, 2.24) is 9.80 Å². The number of likely N-dealkylation sites (tertiary alicyclic amines) is 1. The van der Waals surface area contributed by atoms with E-state index in [1.54, 1.807) is 4.90 Å². The van der Waals surface area contributed by atoms with Crippen LogP contribution in [0, 0.1) is 0 Å². The minimum Gasteiger partial charge on any atom is -0.450 e. The van der Waals surface area contributed by atoms with E-state index in [0.29, 0.717) is 30.9 Å². The summed E-state index contributed by atoms with van der Waals surface area (Å²) in [5.41, 5.74) is 1.02. The fourth-order valence-corrected chi connectivity index (χ4v) is 3.61. The average Bonchev–Trinajstić information content (AvgIpc) is 2.68. The number of anilines is 1. The monoisotopic (exact) mass is 371 g/mol. The van der Waals surface area contributed by atoms with Gasteiger partial charge in [0.05, 0.1) is 6.61 Å². The Kier molecular flexibility index (Phi) is 5.93. The van der Waals surface area contributed by atoms with Crippen molar-refractivity contribution in [3.63, 3.8) is 0 Å². The molecule has 2 aromatic carbocycles. The molecule has 1 aliphatic heterocycles. The summed E-state index contributed by atoms with van der Waals surface area (Å²) < 4.78 is 5.08. The summed E-state index contributed by atoms with van der Waals surface area (Å²) in [4.78, 5) is 15.7. The van der Waals surface area contributed by atoms with Gasteiger partial charge in [0, 0.05) is 37.3 Å². The van der Waals surface area contributed by atoms with Crippen LogP contribution >= 0.6 is 12.2 Å². The van der Waals surface area contributed by atoms with Crippen LogP contribution in [0.2, 0.25) is 0 Å². The van der Waals surface area contributed by atoms with Crippen LogP contribution in [-0.4, -0.2) is 53.8 Å². The summed E-state index contributed by atoms with van der Waals surface area (Å²) in [6, 6.07) is 14.8. The van der Waals surface area contributed by atoms with E-state index in [1.807, 2.05) is 38.2 Å². The molecule has 0 aliphatic carbocycles. The molecule has 6 heteroatoms. The first-order valence-corrected chi connectivity index (χ1v) is 9.44. The number of hydrogen-bond acceptors (Lipinski definition) is 3. The molecule has 26 heavy (non-hydrogen) atoms. The van der Waals surface area contributed by atoms with Gasteiger partial charge in [-0.15, -0.1) is 0 Å². The molecule has 1 amide bonds. The number of fused-ring (bicyclic) bond motifs is 1. The van der Waals surface area contributed by atoms with Crippen LogP contribution in [0.4, 0.5) is 10.5 Å². The van der Waals surface area contributed by atoms with Gasteiger partial charge in [-0.3, -0.25) is 0 Å². The van der Waals surface area contributed by atoms with Gasteiger partial charge < -0.3 is 19.9 Å². The molecule has 1 saturated heterocycles. The molecule has 0 unspecified atom stereocenters. The second-order valence-corrected chi connectivity index (χ2v) is 6.87. The Hall–Kier alpha value is -2.34. The molecule has 0 bridgehead atoms. The van der Waals surface area contributed by atoms with E-state index in [1.165, 1.54) is 5.39 Å². The highest BCUT2D eigenvalue weighted by molar-refractivity contribution is 7.80. The number of ether oxygens (including phenoxy) is 1. The zero-order valence-corrected chi connectivity index (χ0v) is 16.1. The van der Waals surface area contributed by atoms with E-state index in [4.69, 9.17) is 17.0 Å². The third-order valence-electron chi connectivity index (χ3n) is 4.89. The van der Waals surface area contributed by atoms with Crippen LogP contribution in [0.25, 0.3) is 10.8 Å². The van der Waals surface area contributed by atoms with Crippen molar-refractivity contribution in [2.45, 2.75) is 25.8 Å². The highest BCUT2D eigenvalue weighted by Crippen LogP contribution is 2.24. The summed E-state index contributed by atoms with van der Waals surface area (Å²) in [7, 11) is 2.02. The van der Waals surface area contributed by atoms with Gasteiger partial charge in [-0.25, -0.2) is 4.79 Å². The van der Waals surface area contributed by atoms with Crippen LogP contribution in [0.1, 0.15) is 19.8 Å². The van der Waals surface area contributed by atoms with Crippen LogP contribution in [0.15, 0.2) is 42.5 Å². The highest BCUT2D eigenvalue weighted by Gasteiger charge is 2.27. The number of piperidine rings is 1. The summed E-state index contributed by atoms with van der Waals surface area (Å²) in [6.45, 7) is 3.64. The topological polar surface area (TPSA) is 44.8 Å². The number of rotatable bonds is 3. The Balaban J connectivity index is 1.61. The molecule has 0 atom stereocenters. The number of hydrogen-bond donors (Lipinski definition) is 1. The van der Waals surface area contributed by atoms with Crippen molar-refractivity contribution in [2.75, 3.05) is 32.1 Å². The van der Waals surface area contributed by atoms with Gasteiger partial charge >= 0.3 is 6.09 Å². The number of carbonyl (C=O) groups is 1. The number of benzene rings is 2. The van der Waals surface area contributed by atoms with Gasteiger partial charge in [0.2, 0.25) is 0 Å². The minimum absolute atomic E-state index is 0.218. The van der Waals surface area contributed by atoms with E-state index in [-0.39, 0.29) is 6.09 Å². The number of nitrogens with zero attached hydrogens (tertiary/aromatic N) is 2. The standard InChI is InChI=1S/C20H25N3O2S/c1-3-25-20(24)23-13-11-16(12-14-23)22(2)19(26)21-18-10-6-8-15-7-4-5-9-17(15)18/h4-10,16H,3,11-14H2,1-2H3,(H,21,26). The molecular weight excluding hydrogens is 346 g/mol. The van der Waals surface area contributed by atoms with Crippen molar-refractivity contribution < 1.29 is 9.53 Å². The maximum absolute atomic E-state index is 11.8. The maximum Gasteiger partial charge on any atom is 0.409 e. The molecule has 138 valence electrons. The van der Waals surface area contributed by atoms with Crippen molar-refractivity contribution in [1.29, 1.82) is 0 Å². The van der Waals surface area contributed by atoms with Gasteiger partial charge in [0.25, 0.3) is 0 Å². The second-order valence-electron chi connectivity index (χ2n) is 6.48. The first-order valence-electron chi connectivity index (χ1n) is 9.03. The first kappa shape index (κ1) is 18.5. The van der Waals surface area contributed by atoms with Crippen LogP contribution < -0.4 is 5.32 Å². The molecular formula is C20H25N3O2S. The Bertz CT molecular complexity index is 782. The lowest BCUT2D eigenvalue weighted by Crippen LogP contribution is -2.48. The zero-order chi connectivity index (χ0) is 18.5. The molecule has 2 aromatic rings. The second kappa shape index (κ2) is 8.36. The molecule has 1 heterocycles. The summed E-state index contributed by atoms with van der Waals surface area (Å²) in [5, 5.41) is 6.43. The lowest BCUT2D eigenvalue weighted by atomic mass is 10.0. The SMILES string of the molecule is CCOC(=O)N1CCC(N(C)C(=S)Nc2cccc3ccccc23)CC1. The predicted octanol–water partition coefficient (Wildman–Crippen LogP) is 4.09. The molecule has 0 spiro atoms. The third-order valence-corrected chi connectivity index (χ3v) is 5.28. The van der Waals surface area contributed by atoms with Gasteiger partial charge in [0.1, 0.15) is 0 Å². The fourth-order valence-electron chi connectivity index (χ4n) is 3.35. The lowest BCUT2D eigenvalue weighted by Gasteiger charge is -2.37. The van der Waals surface area contributed by atoms with E-state index in [0.717, 1.165) is 23.9 Å². The van der Waals surface area contributed by atoms with Gasteiger partial charge in [0.15, 0.2) is 5.11 Å². The molecule has 0 aromatic heterocycles. The van der Waals surface area contributed by atoms with Crippen molar-refractivity contribution >= 4 is 39.9 Å². The third kappa shape index (κ3) is 4.07. The van der Waals surface area contributed by atoms with Crippen LogP contribution in [0.3, 0.4) is 0 Å². The Morgan fingerprint density at radius 3 is 2.65 bits per heavy atom. The predicted molar refractivity (Wildman–Crippen MR) is 110 cm³/mol. The lowest BCUT2D eigenvalue weighted by molar-refractivity contribution is 0.0895. The summed E-state index contributed by atoms with van der Waals surface area (Å²) >= 11 is 5.63. The highest BCUT2D eigenvalue weighted by atomic mass is 32.1. The normalized spacial score (nSPS) is 14.9. The fraction of sp³-hybridized carbons (Fsp3) is 0.400. The molecule has 1 N–H and O–H groups in total. The number of amides is 1. The van der Waals surface area contributed by atoms with E-state index in [2.05, 4.69) is 28.4 Å². The van der Waals surface area contributed by atoms with Crippen molar-refractivity contribution in [2.24, 2.45) is 0 Å². The molecule has 3 rings (SSSR count). The number of nitrogens with one attached hydrogen (secondary N) is 1. The quantitative estimate of drug-likeness (QED) is 0.824.